The molecule has 1 aliphatic carbocycles. The smallest absolute Gasteiger partial charge is 0.314 e. The number of aromatic amines is 1. The van der Waals surface area contributed by atoms with Crippen LogP contribution >= 0.6 is 0 Å². The van der Waals surface area contributed by atoms with Gasteiger partial charge in [0.15, 0.2) is 0 Å². The Kier molecular flexibility index (Phi) is 11.2. The number of esters is 3. The molecule has 12 heteroatoms. The highest BCUT2D eigenvalue weighted by Crippen LogP contribution is 2.66. The van der Waals surface area contributed by atoms with Gasteiger partial charge in [0.1, 0.15) is 23.5 Å². The highest BCUT2D eigenvalue weighted by Gasteiger charge is 2.74. The van der Waals surface area contributed by atoms with Gasteiger partial charge in [-0.25, -0.2) is 0 Å². The highest BCUT2D eigenvalue weighted by atomic mass is 16.6. The Morgan fingerprint density at radius 1 is 0.952 bits per heavy atom. The number of fused-ring (bicyclic) bond motifs is 6. The molecule has 6 heterocycles. The summed E-state index contributed by atoms with van der Waals surface area (Å²) >= 11 is 0. The maximum atomic E-state index is 13.4. The van der Waals surface area contributed by atoms with Crippen molar-refractivity contribution >= 4 is 34.5 Å². The molecule has 3 aromatic carbocycles. The second-order valence-electron chi connectivity index (χ2n) is 18.3. The van der Waals surface area contributed by atoms with Crippen molar-refractivity contribution in [3.63, 3.8) is 0 Å². The number of rotatable bonds is 7. The lowest BCUT2D eigenvalue weighted by Gasteiger charge is -2.61. The Hall–Kier alpha value is -5.59. The monoisotopic (exact) mass is 856 g/mol. The average Bonchev–Trinajstić information content (AvgIpc) is 3.94. The molecule has 1 saturated heterocycles. The average molecular weight is 857 g/mol. The van der Waals surface area contributed by atoms with Crippen molar-refractivity contribution in [3.05, 3.63) is 101 Å². The van der Waals surface area contributed by atoms with E-state index in [0.29, 0.717) is 5.92 Å². The lowest BCUT2D eigenvalue weighted by atomic mass is 9.49. The van der Waals surface area contributed by atoms with Gasteiger partial charge in [-0.3, -0.25) is 24.2 Å². The fourth-order valence-electron chi connectivity index (χ4n) is 12.8. The number of methoxy groups -OCH3 is 3. The Bertz CT molecular complexity index is 2510. The number of aromatic hydroxyl groups is 1. The van der Waals surface area contributed by atoms with Gasteiger partial charge >= 0.3 is 17.9 Å². The third-order valence-electron chi connectivity index (χ3n) is 15.3. The second-order valence-corrected chi connectivity index (χ2v) is 18.3. The maximum absolute atomic E-state index is 13.4. The first-order valence-electron chi connectivity index (χ1n) is 22.4. The summed E-state index contributed by atoms with van der Waals surface area (Å²) in [5.74, 6) is -0.365. The molecular weight excluding hydrogens is 797 g/mol. The summed E-state index contributed by atoms with van der Waals surface area (Å²) in [6.07, 6.45) is 9.68. The number of phenolic OH excluding ortho intramolecular Hbond substituents is 1. The Morgan fingerprint density at radius 3 is 2.46 bits per heavy atom. The van der Waals surface area contributed by atoms with E-state index in [1.807, 2.05) is 25.2 Å². The lowest BCUT2D eigenvalue weighted by Crippen LogP contribution is -2.73. The Labute approximate surface area is 369 Å². The summed E-state index contributed by atoms with van der Waals surface area (Å²) in [4.78, 5) is 49.3. The molecule has 2 N–H and O–H groups in total. The summed E-state index contributed by atoms with van der Waals surface area (Å²) in [5.41, 5.74) is 8.25. The summed E-state index contributed by atoms with van der Waals surface area (Å²) in [7, 11) is 6.61. The molecule has 2 fully saturated rings. The highest BCUT2D eigenvalue weighted by molar-refractivity contribution is 5.91. The van der Waals surface area contributed by atoms with E-state index in [1.54, 1.807) is 19.2 Å². The number of ether oxygens (including phenoxy) is 4. The van der Waals surface area contributed by atoms with Crippen LogP contribution in [-0.2, 0) is 40.6 Å². The van der Waals surface area contributed by atoms with Crippen molar-refractivity contribution in [2.24, 2.45) is 17.3 Å². The molecule has 332 valence electrons. The number of anilines is 1. The first-order chi connectivity index (χ1) is 30.4. The molecule has 12 nitrogen and oxygen atoms in total. The molecule has 1 spiro atoms. The molecular formula is C51H60N4O8. The SMILES string of the molecule is CCC1=C[C@@H]2CC(C(=O)OC)c3[nH]c4ccc(-c5cccc(O)c5)cc4c3CN(C1)C2.CC[C@]12C=CCN3CC[C@@]4(c5ccc(OC)cc5N(C)C4[C@@H](C(=O)OC)C1OC(C)=O)C32. The number of carbonyl (C=O) groups is 3. The summed E-state index contributed by atoms with van der Waals surface area (Å²) in [5, 5.41) is 11.0. The number of hydrogen-bond acceptors (Lipinski definition) is 11. The lowest BCUT2D eigenvalue weighted by molar-refractivity contribution is -0.183. The number of nitrogens with one attached hydrogen (secondary N) is 1. The third-order valence-corrected chi connectivity index (χ3v) is 15.3. The molecule has 5 unspecified atom stereocenters. The van der Waals surface area contributed by atoms with Crippen LogP contribution in [0.4, 0.5) is 5.69 Å². The van der Waals surface area contributed by atoms with Crippen LogP contribution in [0.1, 0.15) is 69.2 Å². The van der Waals surface area contributed by atoms with Gasteiger partial charge in [0.2, 0.25) is 0 Å². The van der Waals surface area contributed by atoms with Gasteiger partial charge in [-0.2, -0.15) is 0 Å². The first kappa shape index (κ1) is 42.7. The van der Waals surface area contributed by atoms with Crippen LogP contribution in [0.15, 0.2) is 84.5 Å². The van der Waals surface area contributed by atoms with Crippen molar-refractivity contribution in [1.82, 2.24) is 14.8 Å². The van der Waals surface area contributed by atoms with Crippen LogP contribution in [0.2, 0.25) is 0 Å². The van der Waals surface area contributed by atoms with Crippen LogP contribution in [0.25, 0.3) is 22.0 Å². The van der Waals surface area contributed by atoms with Crippen LogP contribution in [0.5, 0.6) is 11.5 Å². The van der Waals surface area contributed by atoms with Crippen LogP contribution in [-0.4, -0.2) is 111 Å². The Balaban J connectivity index is 0.000000160. The van der Waals surface area contributed by atoms with Crippen LogP contribution in [0, 0.1) is 17.3 Å². The minimum absolute atomic E-state index is 0.123. The van der Waals surface area contributed by atoms with Crippen LogP contribution < -0.4 is 9.64 Å². The largest absolute Gasteiger partial charge is 0.508 e. The zero-order valence-corrected chi connectivity index (χ0v) is 37.5. The first-order valence-corrected chi connectivity index (χ1v) is 22.4. The van der Waals surface area contributed by atoms with E-state index in [9.17, 15) is 19.5 Å². The minimum Gasteiger partial charge on any atom is -0.508 e. The van der Waals surface area contributed by atoms with Crippen molar-refractivity contribution < 1.29 is 38.4 Å². The van der Waals surface area contributed by atoms with E-state index in [4.69, 9.17) is 18.9 Å². The summed E-state index contributed by atoms with van der Waals surface area (Å²) in [6, 6.07) is 19.8. The molecule has 0 amide bonds. The maximum Gasteiger partial charge on any atom is 0.314 e. The quantitative estimate of drug-likeness (QED) is 0.109. The number of carbonyl (C=O) groups excluding carboxylic acids is 3. The van der Waals surface area contributed by atoms with Crippen molar-refractivity contribution in [2.45, 2.75) is 82.5 Å². The minimum atomic E-state index is -0.605. The number of benzene rings is 3. The number of phenols is 1. The summed E-state index contributed by atoms with van der Waals surface area (Å²) < 4.78 is 22.1. The normalized spacial score (nSPS) is 30.0. The Morgan fingerprint density at radius 2 is 1.75 bits per heavy atom. The number of H-pyrrole nitrogens is 1. The predicted molar refractivity (Wildman–Crippen MR) is 242 cm³/mol. The van der Waals surface area contributed by atoms with E-state index in [1.165, 1.54) is 37.8 Å². The summed E-state index contributed by atoms with van der Waals surface area (Å²) in [6.45, 7) is 10.3. The molecule has 2 bridgehead atoms. The van der Waals surface area contributed by atoms with Gasteiger partial charge in [0.05, 0.1) is 33.3 Å². The van der Waals surface area contributed by atoms with E-state index >= 15 is 0 Å². The molecule has 63 heavy (non-hydrogen) atoms. The third kappa shape index (κ3) is 6.83. The van der Waals surface area contributed by atoms with Crippen molar-refractivity contribution in [1.29, 1.82) is 0 Å². The van der Waals surface area contributed by atoms with Gasteiger partial charge < -0.3 is 33.9 Å². The molecule has 1 aromatic heterocycles. The molecule has 4 aromatic rings. The zero-order valence-electron chi connectivity index (χ0n) is 37.5. The predicted octanol–water partition coefficient (Wildman–Crippen LogP) is 7.50. The van der Waals surface area contributed by atoms with E-state index < -0.39 is 17.4 Å². The topological polar surface area (TPSA) is 134 Å². The molecule has 10 rings (SSSR count). The van der Waals surface area contributed by atoms with E-state index in [0.717, 1.165) is 97.6 Å². The second kappa shape index (κ2) is 16.5. The molecule has 9 atom stereocenters. The van der Waals surface area contributed by atoms with Gasteiger partial charge in [0.25, 0.3) is 0 Å². The number of aromatic nitrogens is 1. The van der Waals surface area contributed by atoms with Gasteiger partial charge in [-0.05, 0) is 90.7 Å². The van der Waals surface area contributed by atoms with E-state index in [-0.39, 0.29) is 47.1 Å². The van der Waals surface area contributed by atoms with Crippen molar-refractivity contribution in [2.75, 3.05) is 59.5 Å². The number of nitrogens with zero attached hydrogens (tertiary/aromatic N) is 3. The van der Waals surface area contributed by atoms with Crippen molar-refractivity contribution in [3.8, 4) is 22.6 Å². The fourth-order valence-corrected chi connectivity index (χ4v) is 12.8. The molecule has 0 radical (unpaired) electrons. The number of likely N-dealkylation sites (N-methyl/N-ethyl adjacent to an activating group) is 1. The van der Waals surface area contributed by atoms with Gasteiger partial charge in [0, 0.05) is 85.4 Å². The molecule has 1 saturated carbocycles. The van der Waals surface area contributed by atoms with Gasteiger partial charge in [-0.15, -0.1) is 0 Å². The fraction of sp³-hybridized carbons (Fsp3) is 0.471. The molecule has 5 aliphatic heterocycles. The van der Waals surface area contributed by atoms with Crippen LogP contribution in [0.3, 0.4) is 0 Å². The van der Waals surface area contributed by atoms with E-state index in [2.05, 4.69) is 82.1 Å². The van der Waals surface area contributed by atoms with Gasteiger partial charge in [-0.1, -0.05) is 61.9 Å². The standard InChI is InChI=1S/C26H28N2O3.C25H32N2O5/c1-3-16-9-17-10-22(26(30)31-2)25-23(15-28(13-16)14-17)21-12-19(7-8-24(21)27-25)18-5-4-6-20(29)11-18;1-6-24-10-7-12-27-13-11-25(23(24)27)17-9-8-16(30-4)14-18(17)26(3)20(25)19(22(29)31-5)21(24)32-15(2)28/h4-9,11-12,17,22,27,29H,3,10,13-15H2,1-2H3;7-10,14,19-21,23H,6,11-13H2,1-5H3/t17-,22?;19-,20?,21?,23?,24+,25+/m11/s1. The zero-order chi connectivity index (χ0) is 44.4. The molecule has 6 aliphatic rings. The number of hydrogen-bond donors (Lipinski definition) is 2.